The van der Waals surface area contributed by atoms with E-state index in [0.717, 1.165) is 11.1 Å². The number of nitrogens with one attached hydrogen (secondary N) is 1. The van der Waals surface area contributed by atoms with Gasteiger partial charge in [-0.05, 0) is 25.0 Å². The minimum absolute atomic E-state index is 0.237. The number of hydrogen-bond donors (Lipinski definition) is 2. The van der Waals surface area contributed by atoms with Crippen molar-refractivity contribution < 1.29 is 24.2 Å². The summed E-state index contributed by atoms with van der Waals surface area (Å²) in [4.78, 5) is 22.9. The Morgan fingerprint density at radius 1 is 1.30 bits per heavy atom. The standard InChI is InChI=1S/C14H19NO5/c1-9-5-4-6-10(2)13(9)20-8-12(17)15-11(7-16)14(18)19-3/h4-6,11,16H,7-8H2,1-3H3,(H,15,17)/t11-/m1/s1. The maximum absolute atomic E-state index is 11.7. The number of carbonyl (C=O) groups is 2. The Bertz CT molecular complexity index is 466. The molecule has 0 radical (unpaired) electrons. The van der Waals surface area contributed by atoms with Crippen molar-refractivity contribution in [1.82, 2.24) is 5.32 Å². The number of benzene rings is 1. The Kier molecular flexibility index (Phi) is 5.99. The summed E-state index contributed by atoms with van der Waals surface area (Å²) in [6.45, 7) is 3.00. The molecule has 1 rings (SSSR count). The van der Waals surface area contributed by atoms with E-state index in [-0.39, 0.29) is 6.61 Å². The molecule has 1 atom stereocenters. The highest BCUT2D eigenvalue weighted by atomic mass is 16.5. The predicted molar refractivity (Wildman–Crippen MR) is 72.4 cm³/mol. The zero-order chi connectivity index (χ0) is 15.1. The highest BCUT2D eigenvalue weighted by Crippen LogP contribution is 2.21. The van der Waals surface area contributed by atoms with E-state index in [4.69, 9.17) is 9.84 Å². The van der Waals surface area contributed by atoms with E-state index < -0.39 is 24.5 Å². The summed E-state index contributed by atoms with van der Waals surface area (Å²) in [5.41, 5.74) is 1.84. The minimum atomic E-state index is -1.07. The number of aryl methyl sites for hydroxylation is 2. The van der Waals surface area contributed by atoms with Crippen LogP contribution >= 0.6 is 0 Å². The van der Waals surface area contributed by atoms with Crippen LogP contribution in [0.2, 0.25) is 0 Å². The number of methoxy groups -OCH3 is 1. The molecule has 0 spiro atoms. The van der Waals surface area contributed by atoms with Gasteiger partial charge in [0.05, 0.1) is 13.7 Å². The average molecular weight is 281 g/mol. The van der Waals surface area contributed by atoms with Crippen molar-refractivity contribution >= 4 is 11.9 Å². The summed E-state index contributed by atoms with van der Waals surface area (Å²) in [6.07, 6.45) is 0. The van der Waals surface area contributed by atoms with Crippen LogP contribution in [0.1, 0.15) is 11.1 Å². The summed E-state index contributed by atoms with van der Waals surface area (Å²) in [6, 6.07) is 4.58. The molecule has 20 heavy (non-hydrogen) atoms. The number of rotatable bonds is 6. The Balaban J connectivity index is 2.57. The van der Waals surface area contributed by atoms with E-state index in [2.05, 4.69) is 10.1 Å². The van der Waals surface area contributed by atoms with Crippen LogP contribution in [-0.2, 0) is 14.3 Å². The Labute approximate surface area is 117 Å². The van der Waals surface area contributed by atoms with Crippen molar-refractivity contribution in [2.45, 2.75) is 19.9 Å². The Hall–Kier alpha value is -2.08. The number of aliphatic hydroxyl groups excluding tert-OH is 1. The third-order valence-corrected chi connectivity index (χ3v) is 2.76. The molecule has 0 fully saturated rings. The molecule has 0 aromatic heterocycles. The molecule has 1 aromatic rings. The van der Waals surface area contributed by atoms with Gasteiger partial charge in [-0.1, -0.05) is 18.2 Å². The number of aliphatic hydroxyl groups is 1. The molecule has 110 valence electrons. The summed E-state index contributed by atoms with van der Waals surface area (Å²) in [7, 11) is 1.18. The molecule has 0 heterocycles. The molecule has 0 aliphatic carbocycles. The first-order valence-electron chi connectivity index (χ1n) is 6.16. The van der Waals surface area contributed by atoms with Crippen LogP contribution in [0.3, 0.4) is 0 Å². The first-order chi connectivity index (χ1) is 9.49. The fourth-order valence-corrected chi connectivity index (χ4v) is 1.72. The molecule has 1 amide bonds. The van der Waals surface area contributed by atoms with Crippen LogP contribution in [0.15, 0.2) is 18.2 Å². The number of esters is 1. The van der Waals surface area contributed by atoms with E-state index in [9.17, 15) is 9.59 Å². The van der Waals surface area contributed by atoms with Gasteiger partial charge in [0, 0.05) is 0 Å². The normalized spacial score (nSPS) is 11.6. The van der Waals surface area contributed by atoms with Crippen molar-refractivity contribution in [3.8, 4) is 5.75 Å². The van der Waals surface area contributed by atoms with Crippen molar-refractivity contribution in [1.29, 1.82) is 0 Å². The first kappa shape index (κ1) is 16.0. The lowest BCUT2D eigenvalue weighted by Gasteiger charge is -2.15. The van der Waals surface area contributed by atoms with Gasteiger partial charge in [0.2, 0.25) is 0 Å². The topological polar surface area (TPSA) is 84.9 Å². The number of hydrogen-bond acceptors (Lipinski definition) is 5. The number of amides is 1. The van der Waals surface area contributed by atoms with Gasteiger partial charge in [0.15, 0.2) is 12.6 Å². The van der Waals surface area contributed by atoms with Gasteiger partial charge in [0.1, 0.15) is 5.75 Å². The number of para-hydroxylation sites is 1. The lowest BCUT2D eigenvalue weighted by Crippen LogP contribution is -2.45. The molecular formula is C14H19NO5. The van der Waals surface area contributed by atoms with Crippen LogP contribution in [0.25, 0.3) is 0 Å². The lowest BCUT2D eigenvalue weighted by atomic mass is 10.1. The van der Waals surface area contributed by atoms with E-state index in [1.54, 1.807) is 0 Å². The lowest BCUT2D eigenvalue weighted by molar-refractivity contribution is -0.146. The van der Waals surface area contributed by atoms with E-state index in [0.29, 0.717) is 5.75 Å². The largest absolute Gasteiger partial charge is 0.483 e. The van der Waals surface area contributed by atoms with Gasteiger partial charge in [0.25, 0.3) is 5.91 Å². The molecule has 6 nitrogen and oxygen atoms in total. The zero-order valence-electron chi connectivity index (χ0n) is 11.8. The van der Waals surface area contributed by atoms with Crippen LogP contribution in [-0.4, -0.2) is 43.3 Å². The second kappa shape index (κ2) is 7.49. The second-order valence-electron chi connectivity index (χ2n) is 4.34. The molecular weight excluding hydrogens is 262 g/mol. The monoisotopic (exact) mass is 281 g/mol. The Morgan fingerprint density at radius 3 is 2.40 bits per heavy atom. The highest BCUT2D eigenvalue weighted by Gasteiger charge is 2.20. The predicted octanol–water partition coefficient (Wildman–Crippen LogP) is 0.332. The van der Waals surface area contributed by atoms with Gasteiger partial charge in [-0.3, -0.25) is 4.79 Å². The summed E-state index contributed by atoms with van der Waals surface area (Å²) >= 11 is 0. The van der Waals surface area contributed by atoms with Gasteiger partial charge in [-0.2, -0.15) is 0 Å². The van der Waals surface area contributed by atoms with Crippen molar-refractivity contribution in [3.63, 3.8) is 0 Å². The molecule has 0 unspecified atom stereocenters. The van der Waals surface area contributed by atoms with Crippen molar-refractivity contribution in [2.24, 2.45) is 0 Å². The van der Waals surface area contributed by atoms with Crippen molar-refractivity contribution in [3.05, 3.63) is 29.3 Å². The minimum Gasteiger partial charge on any atom is -0.483 e. The van der Waals surface area contributed by atoms with Gasteiger partial charge in [-0.25, -0.2) is 4.79 Å². The summed E-state index contributed by atoms with van der Waals surface area (Å²) in [5, 5.41) is 11.3. The maximum atomic E-state index is 11.7. The third kappa shape index (κ3) is 4.24. The molecule has 0 saturated carbocycles. The van der Waals surface area contributed by atoms with E-state index >= 15 is 0 Å². The quantitative estimate of drug-likeness (QED) is 0.734. The Morgan fingerprint density at radius 2 is 1.90 bits per heavy atom. The maximum Gasteiger partial charge on any atom is 0.330 e. The molecule has 0 saturated heterocycles. The van der Waals surface area contributed by atoms with Gasteiger partial charge >= 0.3 is 5.97 Å². The average Bonchev–Trinajstić information content (AvgIpc) is 2.43. The van der Waals surface area contributed by atoms with Crippen LogP contribution < -0.4 is 10.1 Å². The smallest absolute Gasteiger partial charge is 0.330 e. The van der Waals surface area contributed by atoms with E-state index in [1.165, 1.54) is 7.11 Å². The van der Waals surface area contributed by atoms with E-state index in [1.807, 2.05) is 32.0 Å². The molecule has 6 heteroatoms. The SMILES string of the molecule is COC(=O)[C@@H](CO)NC(=O)COc1c(C)cccc1C. The molecule has 2 N–H and O–H groups in total. The van der Waals surface area contributed by atoms with Gasteiger partial charge in [-0.15, -0.1) is 0 Å². The molecule has 0 aliphatic rings. The highest BCUT2D eigenvalue weighted by molar-refractivity contribution is 5.85. The molecule has 0 bridgehead atoms. The number of ether oxygens (including phenoxy) is 2. The molecule has 0 aliphatic heterocycles. The zero-order valence-corrected chi connectivity index (χ0v) is 11.8. The van der Waals surface area contributed by atoms with Crippen LogP contribution in [0.4, 0.5) is 0 Å². The van der Waals surface area contributed by atoms with Crippen LogP contribution in [0.5, 0.6) is 5.75 Å². The summed E-state index contributed by atoms with van der Waals surface area (Å²) in [5.74, 6) is -0.564. The third-order valence-electron chi connectivity index (χ3n) is 2.76. The van der Waals surface area contributed by atoms with Crippen LogP contribution in [0, 0.1) is 13.8 Å². The fourth-order valence-electron chi connectivity index (χ4n) is 1.72. The fraction of sp³-hybridized carbons (Fsp3) is 0.429. The van der Waals surface area contributed by atoms with Crippen molar-refractivity contribution in [2.75, 3.05) is 20.3 Å². The molecule has 1 aromatic carbocycles. The van der Waals surface area contributed by atoms with Gasteiger partial charge < -0.3 is 19.9 Å². The summed E-state index contributed by atoms with van der Waals surface area (Å²) < 4.78 is 9.89. The first-order valence-corrected chi connectivity index (χ1v) is 6.16. The second-order valence-corrected chi connectivity index (χ2v) is 4.34. The number of carbonyl (C=O) groups excluding carboxylic acids is 2.